The summed E-state index contributed by atoms with van der Waals surface area (Å²) in [4.78, 5) is 11.8. The van der Waals surface area contributed by atoms with E-state index in [9.17, 15) is 22.9 Å². The summed E-state index contributed by atoms with van der Waals surface area (Å²) in [5.41, 5.74) is 0.519. The molecule has 0 bridgehead atoms. The first kappa shape index (κ1) is 22.7. The Balaban J connectivity index is 1.70. The van der Waals surface area contributed by atoms with Crippen LogP contribution in [0.5, 0.6) is 11.5 Å². The van der Waals surface area contributed by atoms with Crippen molar-refractivity contribution in [2.24, 2.45) is 5.10 Å². The average Bonchev–Trinajstić information content (AvgIpc) is 2.79. The Kier molecular flexibility index (Phi) is 7.00. The number of methoxy groups -OCH3 is 1. The highest BCUT2D eigenvalue weighted by Crippen LogP contribution is 2.28. The Hall–Kier alpha value is -3.99. The van der Waals surface area contributed by atoms with E-state index in [0.29, 0.717) is 22.6 Å². The zero-order chi connectivity index (χ0) is 23.1. The Morgan fingerprint density at radius 3 is 2.59 bits per heavy atom. The van der Waals surface area contributed by atoms with Gasteiger partial charge in [0.1, 0.15) is 12.4 Å². The van der Waals surface area contributed by atoms with E-state index in [2.05, 4.69) is 5.10 Å². The van der Waals surface area contributed by atoms with Crippen LogP contribution in [0.3, 0.4) is 0 Å². The summed E-state index contributed by atoms with van der Waals surface area (Å²) in [6, 6.07) is 15.6. The van der Waals surface area contributed by atoms with Gasteiger partial charge in [0.2, 0.25) is 0 Å². The number of halogens is 1. The van der Waals surface area contributed by atoms with Crippen molar-refractivity contribution in [2.45, 2.75) is 11.5 Å². The van der Waals surface area contributed by atoms with Crippen molar-refractivity contribution in [3.8, 4) is 11.5 Å². The fraction of sp³-hybridized carbons (Fsp3) is 0.0952. The first-order chi connectivity index (χ1) is 15.3. The monoisotopic (exact) mass is 459 g/mol. The van der Waals surface area contributed by atoms with Gasteiger partial charge in [0.05, 0.1) is 23.1 Å². The first-order valence-corrected chi connectivity index (χ1v) is 10.6. The van der Waals surface area contributed by atoms with Gasteiger partial charge in [-0.3, -0.25) is 10.1 Å². The molecule has 0 amide bonds. The number of non-ortho nitro benzene ring substituents is 1. The predicted molar refractivity (Wildman–Crippen MR) is 115 cm³/mol. The third kappa shape index (κ3) is 5.58. The van der Waals surface area contributed by atoms with Gasteiger partial charge >= 0.3 is 0 Å². The molecule has 0 spiro atoms. The molecule has 9 nitrogen and oxygen atoms in total. The standard InChI is InChI=1S/C21H18FN3O6S/c1-30-21-11-15(9-10-20(21)31-14-16-5-2-3-8-19(16)22)13-23-24-32(28,29)18-7-4-6-17(12-18)25(26)27/h2-13,24H,14H2,1H3/b23-13-. The van der Waals surface area contributed by atoms with Gasteiger partial charge < -0.3 is 9.47 Å². The van der Waals surface area contributed by atoms with Crippen molar-refractivity contribution >= 4 is 21.9 Å². The van der Waals surface area contributed by atoms with Crippen molar-refractivity contribution in [1.82, 2.24) is 4.83 Å². The number of rotatable bonds is 9. The number of hydrazone groups is 1. The lowest BCUT2D eigenvalue weighted by atomic mass is 10.2. The quantitative estimate of drug-likeness (QED) is 0.296. The number of benzene rings is 3. The lowest BCUT2D eigenvalue weighted by molar-refractivity contribution is -0.385. The molecule has 166 valence electrons. The van der Waals surface area contributed by atoms with Gasteiger partial charge in [-0.25, -0.2) is 9.22 Å². The molecule has 0 aromatic heterocycles. The SMILES string of the molecule is COc1cc(/C=N\NS(=O)(=O)c2cccc([N+](=O)[O-])c2)ccc1OCc1ccccc1F. The summed E-state index contributed by atoms with van der Waals surface area (Å²) in [5, 5.41) is 14.5. The maximum Gasteiger partial charge on any atom is 0.276 e. The van der Waals surface area contributed by atoms with Crippen LogP contribution < -0.4 is 14.3 Å². The lowest BCUT2D eigenvalue weighted by Crippen LogP contribution is -2.18. The molecular formula is C21H18FN3O6S. The van der Waals surface area contributed by atoms with E-state index >= 15 is 0 Å². The Morgan fingerprint density at radius 1 is 1.09 bits per heavy atom. The third-order valence-electron chi connectivity index (χ3n) is 4.25. The number of nitrogens with zero attached hydrogens (tertiary/aromatic N) is 2. The van der Waals surface area contributed by atoms with E-state index < -0.39 is 14.9 Å². The van der Waals surface area contributed by atoms with Gasteiger partial charge in [0.15, 0.2) is 11.5 Å². The predicted octanol–water partition coefficient (Wildman–Crippen LogP) is 3.63. The minimum Gasteiger partial charge on any atom is -0.493 e. The van der Waals surface area contributed by atoms with E-state index in [1.54, 1.807) is 36.4 Å². The molecule has 32 heavy (non-hydrogen) atoms. The van der Waals surface area contributed by atoms with Gasteiger partial charge in [-0.2, -0.15) is 13.5 Å². The molecule has 0 fully saturated rings. The minimum atomic E-state index is -4.10. The first-order valence-electron chi connectivity index (χ1n) is 9.14. The lowest BCUT2D eigenvalue weighted by Gasteiger charge is -2.11. The number of ether oxygens (including phenoxy) is 2. The van der Waals surface area contributed by atoms with Gasteiger partial charge in [-0.05, 0) is 35.9 Å². The molecule has 3 aromatic rings. The number of sulfonamides is 1. The third-order valence-corrected chi connectivity index (χ3v) is 5.47. The number of nitrogens with one attached hydrogen (secondary N) is 1. The van der Waals surface area contributed by atoms with Crippen LogP contribution in [0.4, 0.5) is 10.1 Å². The van der Waals surface area contributed by atoms with Crippen molar-refractivity contribution in [2.75, 3.05) is 7.11 Å². The van der Waals surface area contributed by atoms with E-state index in [-0.39, 0.29) is 23.0 Å². The van der Waals surface area contributed by atoms with Crippen molar-refractivity contribution < 1.29 is 27.2 Å². The molecule has 3 rings (SSSR count). The van der Waals surface area contributed by atoms with Crippen LogP contribution in [0.15, 0.2) is 76.7 Å². The topological polar surface area (TPSA) is 120 Å². The van der Waals surface area contributed by atoms with Crippen LogP contribution in [0.1, 0.15) is 11.1 Å². The maximum absolute atomic E-state index is 13.7. The fourth-order valence-corrected chi connectivity index (χ4v) is 3.47. The van der Waals surface area contributed by atoms with E-state index in [0.717, 1.165) is 6.07 Å². The van der Waals surface area contributed by atoms with Crippen LogP contribution in [-0.2, 0) is 16.6 Å². The largest absolute Gasteiger partial charge is 0.493 e. The number of nitro groups is 1. The zero-order valence-corrected chi connectivity index (χ0v) is 17.6. The molecule has 0 aliphatic carbocycles. The van der Waals surface area contributed by atoms with Gasteiger partial charge in [0.25, 0.3) is 15.7 Å². The van der Waals surface area contributed by atoms with Gasteiger partial charge in [0, 0.05) is 17.7 Å². The van der Waals surface area contributed by atoms with E-state index in [1.807, 2.05) is 4.83 Å². The molecule has 0 aliphatic heterocycles. The molecule has 0 saturated heterocycles. The highest BCUT2D eigenvalue weighted by atomic mass is 32.2. The van der Waals surface area contributed by atoms with Crippen LogP contribution in [-0.4, -0.2) is 26.7 Å². The van der Waals surface area contributed by atoms with Crippen LogP contribution >= 0.6 is 0 Å². The van der Waals surface area contributed by atoms with Gasteiger partial charge in [-0.15, -0.1) is 0 Å². The second-order valence-corrected chi connectivity index (χ2v) is 8.06. The van der Waals surface area contributed by atoms with Crippen LogP contribution in [0, 0.1) is 15.9 Å². The Morgan fingerprint density at radius 2 is 1.88 bits per heavy atom. The summed E-state index contributed by atoms with van der Waals surface area (Å²) in [7, 11) is -2.67. The maximum atomic E-state index is 13.7. The molecule has 1 N–H and O–H groups in total. The molecule has 0 radical (unpaired) electrons. The molecule has 0 atom stereocenters. The van der Waals surface area contributed by atoms with Gasteiger partial charge in [-0.1, -0.05) is 24.3 Å². The van der Waals surface area contributed by atoms with E-state index in [1.165, 1.54) is 37.6 Å². The Bertz CT molecular complexity index is 1260. The molecule has 0 heterocycles. The number of hydrogen-bond acceptors (Lipinski definition) is 7. The average molecular weight is 459 g/mol. The normalized spacial score (nSPS) is 11.3. The smallest absolute Gasteiger partial charge is 0.276 e. The van der Waals surface area contributed by atoms with Crippen LogP contribution in [0.25, 0.3) is 0 Å². The van der Waals surface area contributed by atoms with Crippen molar-refractivity contribution in [3.63, 3.8) is 0 Å². The van der Waals surface area contributed by atoms with Crippen molar-refractivity contribution in [3.05, 3.63) is 93.8 Å². The molecule has 11 heteroatoms. The molecular weight excluding hydrogens is 441 g/mol. The second kappa shape index (κ2) is 9.88. The number of nitro benzene ring substituents is 1. The Labute approximate surface area is 183 Å². The highest BCUT2D eigenvalue weighted by molar-refractivity contribution is 7.89. The minimum absolute atomic E-state index is 0.000515. The number of hydrogen-bond donors (Lipinski definition) is 1. The molecule has 0 aliphatic rings. The molecule has 0 unspecified atom stereocenters. The summed E-state index contributed by atoms with van der Waals surface area (Å²) in [6.07, 6.45) is 1.23. The fourth-order valence-electron chi connectivity index (χ4n) is 2.64. The highest BCUT2D eigenvalue weighted by Gasteiger charge is 2.16. The zero-order valence-electron chi connectivity index (χ0n) is 16.8. The van der Waals surface area contributed by atoms with E-state index in [4.69, 9.17) is 9.47 Å². The second-order valence-electron chi connectivity index (χ2n) is 6.40. The summed E-state index contributed by atoms with van der Waals surface area (Å²) < 4.78 is 49.2. The van der Waals surface area contributed by atoms with Crippen molar-refractivity contribution in [1.29, 1.82) is 0 Å². The summed E-state index contributed by atoms with van der Waals surface area (Å²) >= 11 is 0. The van der Waals surface area contributed by atoms with Crippen LogP contribution in [0.2, 0.25) is 0 Å². The summed E-state index contributed by atoms with van der Waals surface area (Å²) in [6.45, 7) is -0.000515. The molecule has 3 aromatic carbocycles. The summed E-state index contributed by atoms with van der Waals surface area (Å²) in [5.74, 6) is 0.322. The molecule has 0 saturated carbocycles.